The number of fused-ring (bicyclic) bond motifs is 3. The van der Waals surface area contributed by atoms with E-state index in [0.717, 1.165) is 5.56 Å². The van der Waals surface area contributed by atoms with Crippen molar-refractivity contribution < 1.29 is 14.3 Å². The minimum Gasteiger partial charge on any atom is -0.429 e. The molecule has 1 saturated heterocycles. The number of amidine groups is 1. The second-order valence-corrected chi connectivity index (χ2v) is 6.17. The molecule has 0 spiro atoms. The number of urea groups is 1. The number of carbonyl (C=O) groups excluding carboxylic acids is 2. The maximum Gasteiger partial charge on any atom is 0.328 e. The lowest BCUT2D eigenvalue weighted by Crippen LogP contribution is -2.64. The quantitative estimate of drug-likeness (QED) is 0.844. The van der Waals surface area contributed by atoms with E-state index in [2.05, 4.69) is 4.99 Å². The van der Waals surface area contributed by atoms with Gasteiger partial charge in [0.2, 0.25) is 0 Å². The largest absolute Gasteiger partial charge is 0.429 e. The first-order valence-corrected chi connectivity index (χ1v) is 8.08. The molecule has 1 aromatic carbocycles. The summed E-state index contributed by atoms with van der Waals surface area (Å²) in [7, 11) is 1.66. The van der Waals surface area contributed by atoms with Crippen molar-refractivity contribution >= 4 is 24.0 Å². The summed E-state index contributed by atoms with van der Waals surface area (Å²) in [5, 5.41) is 0. The van der Waals surface area contributed by atoms with E-state index in [0.29, 0.717) is 11.8 Å². The summed E-state index contributed by atoms with van der Waals surface area (Å²) in [5.74, 6) is 0.416. The van der Waals surface area contributed by atoms with Gasteiger partial charge in [-0.1, -0.05) is 42.5 Å². The number of carbonyl (C=O) groups is 2. The van der Waals surface area contributed by atoms with Gasteiger partial charge in [-0.15, -0.1) is 0 Å². The molecule has 7 nitrogen and oxygen atoms in total. The number of likely N-dealkylation sites (N-methyl/N-ethyl adjacent to an activating group) is 1. The fourth-order valence-corrected chi connectivity index (χ4v) is 3.22. The van der Waals surface area contributed by atoms with Crippen LogP contribution in [0.25, 0.3) is 6.08 Å². The molecule has 0 bridgehead atoms. The number of hydrogen-bond acceptors (Lipinski definition) is 5. The lowest BCUT2D eigenvalue weighted by molar-refractivity contribution is -0.136. The van der Waals surface area contributed by atoms with E-state index in [9.17, 15) is 9.59 Å². The van der Waals surface area contributed by atoms with Gasteiger partial charge in [0, 0.05) is 19.8 Å². The van der Waals surface area contributed by atoms with E-state index < -0.39 is 12.2 Å². The zero-order valence-corrected chi connectivity index (χ0v) is 14.0. The van der Waals surface area contributed by atoms with Crippen molar-refractivity contribution in [2.24, 2.45) is 4.99 Å². The van der Waals surface area contributed by atoms with Crippen LogP contribution in [0.3, 0.4) is 0 Å². The van der Waals surface area contributed by atoms with E-state index in [1.54, 1.807) is 25.1 Å². The molecular formula is C18H18N4O3. The Bertz CT molecular complexity index is 815. The van der Waals surface area contributed by atoms with E-state index >= 15 is 0 Å². The first kappa shape index (κ1) is 15.4. The summed E-state index contributed by atoms with van der Waals surface area (Å²) in [6.07, 6.45) is 4.92. The maximum absolute atomic E-state index is 12.9. The van der Waals surface area contributed by atoms with Gasteiger partial charge in [0.05, 0.1) is 0 Å². The molecule has 0 saturated carbocycles. The van der Waals surface area contributed by atoms with Crippen LogP contribution in [-0.2, 0) is 9.53 Å². The van der Waals surface area contributed by atoms with Crippen molar-refractivity contribution in [3.05, 3.63) is 53.9 Å². The van der Waals surface area contributed by atoms with Crippen molar-refractivity contribution in [3.63, 3.8) is 0 Å². The second kappa shape index (κ2) is 5.77. The van der Waals surface area contributed by atoms with E-state index in [4.69, 9.17) is 4.74 Å². The number of amides is 3. The predicted octanol–water partition coefficient (Wildman–Crippen LogP) is 1.85. The van der Waals surface area contributed by atoms with Crippen LogP contribution in [0, 0.1) is 0 Å². The monoisotopic (exact) mass is 338 g/mol. The Morgan fingerprint density at radius 1 is 1.24 bits per heavy atom. The molecule has 0 N–H and O–H groups in total. The van der Waals surface area contributed by atoms with E-state index in [-0.39, 0.29) is 18.5 Å². The molecule has 3 amide bonds. The molecule has 0 radical (unpaired) electrons. The van der Waals surface area contributed by atoms with Crippen molar-refractivity contribution in [3.8, 4) is 0 Å². The fourth-order valence-electron chi connectivity index (χ4n) is 3.22. The Kier molecular flexibility index (Phi) is 3.56. The average molecular weight is 338 g/mol. The smallest absolute Gasteiger partial charge is 0.328 e. The van der Waals surface area contributed by atoms with Crippen LogP contribution in [0.2, 0.25) is 0 Å². The predicted molar refractivity (Wildman–Crippen MR) is 92.0 cm³/mol. The topological polar surface area (TPSA) is 65.5 Å². The number of aliphatic imine (C=N–C) groups is 1. The number of rotatable bonds is 3. The third-order valence-corrected chi connectivity index (χ3v) is 4.47. The van der Waals surface area contributed by atoms with Gasteiger partial charge in [0.25, 0.3) is 11.9 Å². The molecule has 0 aliphatic carbocycles. The van der Waals surface area contributed by atoms with Crippen LogP contribution in [0.15, 0.2) is 53.4 Å². The first-order valence-electron chi connectivity index (χ1n) is 8.08. The molecular weight excluding hydrogens is 320 g/mol. The normalized spacial score (nSPS) is 25.1. The Morgan fingerprint density at radius 2 is 2.00 bits per heavy atom. The van der Waals surface area contributed by atoms with Gasteiger partial charge in [-0.25, -0.2) is 9.79 Å². The van der Waals surface area contributed by atoms with Crippen LogP contribution in [0.4, 0.5) is 4.79 Å². The van der Waals surface area contributed by atoms with Crippen LogP contribution >= 0.6 is 0 Å². The van der Waals surface area contributed by atoms with Crippen LogP contribution in [0.1, 0.15) is 12.5 Å². The standard InChI is InChI=1S/C18H18N4O3/c1-12-11-22-14-15(19-17(22)25-12)20(2)18(24)21(16(14)23)10-6-9-13-7-4-3-5-8-13/h3-9,11,14-15H,10H2,1-2H3/b9-6+. The highest BCUT2D eigenvalue weighted by atomic mass is 16.5. The number of hydrogen-bond donors (Lipinski definition) is 0. The Hall–Kier alpha value is -3.09. The number of imide groups is 1. The summed E-state index contributed by atoms with van der Waals surface area (Å²) in [6.45, 7) is 2.02. The first-order chi connectivity index (χ1) is 12.1. The number of nitrogens with zero attached hydrogens (tertiary/aromatic N) is 4. The van der Waals surface area contributed by atoms with Crippen molar-refractivity contribution in [2.75, 3.05) is 13.6 Å². The zero-order valence-electron chi connectivity index (χ0n) is 14.0. The minimum absolute atomic E-state index is 0.215. The molecule has 0 aromatic heterocycles. The number of ether oxygens (including phenoxy) is 1. The fraction of sp³-hybridized carbons (Fsp3) is 0.278. The highest BCUT2D eigenvalue weighted by Gasteiger charge is 2.53. The zero-order chi connectivity index (χ0) is 17.6. The van der Waals surface area contributed by atoms with Crippen molar-refractivity contribution in [1.82, 2.24) is 14.7 Å². The van der Waals surface area contributed by atoms with Gasteiger partial charge >= 0.3 is 6.03 Å². The SMILES string of the molecule is CC1=CN2C(=NC3C2C(=O)N(C/C=C/c2ccccc2)C(=O)N3C)O1. The summed E-state index contributed by atoms with van der Waals surface area (Å²) >= 11 is 0. The molecule has 4 rings (SSSR count). The van der Waals surface area contributed by atoms with E-state index in [1.165, 1.54) is 9.80 Å². The molecule has 7 heteroatoms. The van der Waals surface area contributed by atoms with Crippen LogP contribution in [0.5, 0.6) is 0 Å². The number of allylic oxidation sites excluding steroid dienone is 1. The Labute approximate surface area is 145 Å². The summed E-state index contributed by atoms with van der Waals surface area (Å²) in [6, 6.07) is 9.20. The van der Waals surface area contributed by atoms with Gasteiger partial charge in [-0.05, 0) is 12.5 Å². The Balaban J connectivity index is 1.54. The lowest BCUT2D eigenvalue weighted by atomic mass is 10.1. The minimum atomic E-state index is -0.569. The van der Waals surface area contributed by atoms with Gasteiger partial charge in [-0.3, -0.25) is 14.6 Å². The molecule has 3 aliphatic heterocycles. The molecule has 3 heterocycles. The summed E-state index contributed by atoms with van der Waals surface area (Å²) in [5.41, 5.74) is 1.02. The molecule has 2 unspecified atom stereocenters. The van der Waals surface area contributed by atoms with Gasteiger partial charge < -0.3 is 9.64 Å². The second-order valence-electron chi connectivity index (χ2n) is 6.17. The van der Waals surface area contributed by atoms with Gasteiger partial charge in [0.15, 0.2) is 12.2 Å². The van der Waals surface area contributed by atoms with Crippen LogP contribution < -0.4 is 0 Å². The molecule has 3 aliphatic rings. The molecule has 25 heavy (non-hydrogen) atoms. The summed E-state index contributed by atoms with van der Waals surface area (Å²) in [4.78, 5) is 34.3. The maximum atomic E-state index is 12.9. The Morgan fingerprint density at radius 3 is 2.76 bits per heavy atom. The van der Waals surface area contributed by atoms with Crippen molar-refractivity contribution in [2.45, 2.75) is 19.1 Å². The van der Waals surface area contributed by atoms with Crippen LogP contribution in [-0.4, -0.2) is 58.5 Å². The average Bonchev–Trinajstić information content (AvgIpc) is 3.13. The molecule has 1 aromatic rings. The molecule has 2 atom stereocenters. The van der Waals surface area contributed by atoms with E-state index in [1.807, 2.05) is 42.5 Å². The molecule has 128 valence electrons. The number of benzene rings is 1. The lowest BCUT2D eigenvalue weighted by Gasteiger charge is -2.39. The molecule has 1 fully saturated rings. The highest BCUT2D eigenvalue weighted by Crippen LogP contribution is 2.32. The highest BCUT2D eigenvalue weighted by molar-refractivity contribution is 6.04. The third kappa shape index (κ3) is 2.48. The summed E-state index contributed by atoms with van der Waals surface area (Å²) < 4.78 is 5.50. The van der Waals surface area contributed by atoms with Gasteiger partial charge in [-0.2, -0.15) is 0 Å². The van der Waals surface area contributed by atoms with Gasteiger partial charge in [0.1, 0.15) is 5.76 Å². The third-order valence-electron chi connectivity index (χ3n) is 4.47. The van der Waals surface area contributed by atoms with Crippen molar-refractivity contribution in [1.29, 1.82) is 0 Å².